The van der Waals surface area contributed by atoms with Gasteiger partial charge in [0.2, 0.25) is 0 Å². The molecule has 0 aliphatic carbocycles. The molecule has 0 fully saturated rings. The molecule has 0 bridgehead atoms. The fraction of sp³-hybridized carbons (Fsp3) is 0.143. The van der Waals surface area contributed by atoms with Gasteiger partial charge in [-0.15, -0.1) is 0 Å². The zero-order chi connectivity index (χ0) is 11.5. The summed E-state index contributed by atoms with van der Waals surface area (Å²) < 4.78 is 0. The van der Waals surface area contributed by atoms with Crippen LogP contribution in [0.25, 0.3) is 17.0 Å². The Bertz CT molecular complexity index is 568. The molecule has 2 rings (SSSR count). The predicted molar refractivity (Wildman–Crippen MR) is 70.4 cm³/mol. The van der Waals surface area contributed by atoms with Crippen LogP contribution in [-0.4, -0.2) is 11.2 Å². The highest BCUT2D eigenvalue weighted by molar-refractivity contribution is 5.96. The number of hydrogen-bond acceptors (Lipinski definition) is 2. The summed E-state index contributed by atoms with van der Waals surface area (Å²) in [6, 6.07) is 6.11. The van der Waals surface area contributed by atoms with Gasteiger partial charge in [0.05, 0.1) is 11.2 Å². The van der Waals surface area contributed by atoms with Gasteiger partial charge in [0.15, 0.2) is 0 Å². The van der Waals surface area contributed by atoms with Crippen molar-refractivity contribution in [2.24, 2.45) is 4.99 Å². The number of aromatic nitrogens is 1. The molecule has 1 aromatic carbocycles. The summed E-state index contributed by atoms with van der Waals surface area (Å²) in [5.74, 6) is 0. The van der Waals surface area contributed by atoms with E-state index in [4.69, 9.17) is 0 Å². The average Bonchev–Trinajstić information content (AvgIpc) is 2.33. The van der Waals surface area contributed by atoms with Crippen molar-refractivity contribution in [1.29, 1.82) is 0 Å². The third-order valence-corrected chi connectivity index (χ3v) is 2.58. The lowest BCUT2D eigenvalue weighted by Crippen LogP contribution is -1.86. The fourth-order valence-corrected chi connectivity index (χ4v) is 1.85. The van der Waals surface area contributed by atoms with E-state index < -0.39 is 0 Å². The lowest BCUT2D eigenvalue weighted by Gasteiger charge is -2.08. The summed E-state index contributed by atoms with van der Waals surface area (Å²) >= 11 is 0. The van der Waals surface area contributed by atoms with E-state index >= 15 is 0 Å². The van der Waals surface area contributed by atoms with Crippen molar-refractivity contribution in [3.05, 3.63) is 42.1 Å². The Kier molecular flexibility index (Phi) is 2.82. The molecule has 0 spiro atoms. The van der Waals surface area contributed by atoms with Crippen LogP contribution in [-0.2, 0) is 0 Å². The van der Waals surface area contributed by atoms with Crippen LogP contribution in [0.15, 0.2) is 36.0 Å². The Labute approximate surface area is 95.4 Å². The topological polar surface area (TPSA) is 25.2 Å². The average molecular weight is 210 g/mol. The smallest absolute Gasteiger partial charge is 0.0967 e. The predicted octanol–water partition coefficient (Wildman–Crippen LogP) is 3.91. The van der Waals surface area contributed by atoms with E-state index in [1.807, 2.05) is 19.1 Å². The van der Waals surface area contributed by atoms with Gasteiger partial charge in [-0.25, -0.2) is 0 Å². The third kappa shape index (κ3) is 1.63. The minimum Gasteiger partial charge on any atom is -0.259 e. The molecular formula is C14H14N2. The number of rotatable bonds is 2. The van der Waals surface area contributed by atoms with Crippen LogP contribution in [0.1, 0.15) is 18.1 Å². The minimum absolute atomic E-state index is 0.902. The zero-order valence-electron chi connectivity index (χ0n) is 9.57. The normalized spacial score (nSPS) is 11.1. The maximum Gasteiger partial charge on any atom is 0.0967 e. The first-order valence-electron chi connectivity index (χ1n) is 5.27. The van der Waals surface area contributed by atoms with Crippen LogP contribution in [0.4, 0.5) is 5.69 Å². The van der Waals surface area contributed by atoms with Crippen molar-refractivity contribution in [3.8, 4) is 0 Å². The first-order chi connectivity index (χ1) is 7.77. The van der Waals surface area contributed by atoms with Crippen LogP contribution >= 0.6 is 0 Å². The molecule has 16 heavy (non-hydrogen) atoms. The Balaban J connectivity index is 2.92. The fourth-order valence-electron chi connectivity index (χ4n) is 1.85. The van der Waals surface area contributed by atoms with Gasteiger partial charge in [0.25, 0.3) is 0 Å². The summed E-state index contributed by atoms with van der Waals surface area (Å²) in [6.07, 6.45) is 5.40. The quantitative estimate of drug-likeness (QED) is 0.690. The number of nitrogens with zero attached hydrogens (tertiary/aromatic N) is 2. The minimum atomic E-state index is 0.902. The second-order valence-electron chi connectivity index (χ2n) is 3.62. The molecule has 0 radical (unpaired) electrons. The van der Waals surface area contributed by atoms with Crippen molar-refractivity contribution < 1.29 is 0 Å². The molecule has 0 N–H and O–H groups in total. The van der Waals surface area contributed by atoms with Crippen molar-refractivity contribution in [2.75, 3.05) is 0 Å². The first kappa shape index (κ1) is 10.6. The Morgan fingerprint density at radius 2 is 2.25 bits per heavy atom. The van der Waals surface area contributed by atoms with E-state index in [0.717, 1.165) is 22.2 Å². The van der Waals surface area contributed by atoms with E-state index in [2.05, 4.69) is 35.6 Å². The van der Waals surface area contributed by atoms with Crippen LogP contribution in [0, 0.1) is 6.92 Å². The van der Waals surface area contributed by atoms with Gasteiger partial charge < -0.3 is 0 Å². The molecule has 0 unspecified atom stereocenters. The summed E-state index contributed by atoms with van der Waals surface area (Å²) in [5, 5.41) is 1.15. The standard InChI is InChI=1S/C14H14N2/c1-4-11-9-10(3)12-7-6-8-16-14(12)13(11)15-5-2/h4-9H,1H2,2-3H3/b15-5-. The van der Waals surface area contributed by atoms with E-state index in [1.165, 1.54) is 5.56 Å². The Morgan fingerprint density at radius 3 is 2.94 bits per heavy atom. The summed E-state index contributed by atoms with van der Waals surface area (Å²) in [5.41, 5.74) is 4.07. The van der Waals surface area contributed by atoms with Crippen LogP contribution < -0.4 is 0 Å². The first-order valence-corrected chi connectivity index (χ1v) is 5.27. The number of fused-ring (bicyclic) bond motifs is 1. The number of aliphatic imine (C=N–C) groups is 1. The molecule has 2 nitrogen and oxygen atoms in total. The summed E-state index contributed by atoms with van der Waals surface area (Å²) in [4.78, 5) is 8.80. The molecule has 80 valence electrons. The van der Waals surface area contributed by atoms with E-state index in [9.17, 15) is 0 Å². The second-order valence-corrected chi connectivity index (χ2v) is 3.62. The monoisotopic (exact) mass is 210 g/mol. The highest BCUT2D eigenvalue weighted by Gasteiger charge is 2.07. The highest BCUT2D eigenvalue weighted by Crippen LogP contribution is 2.31. The molecule has 0 amide bonds. The summed E-state index contributed by atoms with van der Waals surface area (Å²) in [7, 11) is 0. The van der Waals surface area contributed by atoms with Crippen molar-refractivity contribution in [2.45, 2.75) is 13.8 Å². The largest absolute Gasteiger partial charge is 0.259 e. The molecule has 0 atom stereocenters. The zero-order valence-corrected chi connectivity index (χ0v) is 9.57. The lowest BCUT2D eigenvalue weighted by atomic mass is 10.0. The Hall–Kier alpha value is -1.96. The number of hydrogen-bond donors (Lipinski definition) is 0. The third-order valence-electron chi connectivity index (χ3n) is 2.58. The van der Waals surface area contributed by atoms with E-state index in [1.54, 1.807) is 12.4 Å². The molecule has 0 saturated carbocycles. The van der Waals surface area contributed by atoms with Crippen LogP contribution in [0.3, 0.4) is 0 Å². The van der Waals surface area contributed by atoms with Gasteiger partial charge in [-0.3, -0.25) is 9.98 Å². The molecule has 2 heteroatoms. The van der Waals surface area contributed by atoms with Crippen molar-refractivity contribution in [3.63, 3.8) is 0 Å². The molecule has 1 aromatic heterocycles. The number of pyridine rings is 1. The highest BCUT2D eigenvalue weighted by atomic mass is 14.8. The molecular weight excluding hydrogens is 196 g/mol. The second kappa shape index (κ2) is 4.27. The van der Waals surface area contributed by atoms with Gasteiger partial charge in [-0.2, -0.15) is 0 Å². The van der Waals surface area contributed by atoms with Crippen LogP contribution in [0.5, 0.6) is 0 Å². The van der Waals surface area contributed by atoms with Gasteiger partial charge in [-0.05, 0) is 31.5 Å². The van der Waals surface area contributed by atoms with Gasteiger partial charge in [0.1, 0.15) is 0 Å². The molecule has 0 aliphatic rings. The van der Waals surface area contributed by atoms with Gasteiger partial charge >= 0.3 is 0 Å². The van der Waals surface area contributed by atoms with Crippen LogP contribution in [0.2, 0.25) is 0 Å². The van der Waals surface area contributed by atoms with Crippen molar-refractivity contribution >= 4 is 28.9 Å². The maximum absolute atomic E-state index is 4.41. The van der Waals surface area contributed by atoms with E-state index in [0.29, 0.717) is 0 Å². The SMILES string of the molecule is C=Cc1cc(C)c2cccnc2c1/N=C\C. The molecule has 2 aromatic rings. The van der Waals surface area contributed by atoms with Gasteiger partial charge in [0, 0.05) is 23.4 Å². The molecule has 1 heterocycles. The van der Waals surface area contributed by atoms with Gasteiger partial charge in [-0.1, -0.05) is 18.7 Å². The molecule has 0 aliphatic heterocycles. The van der Waals surface area contributed by atoms with E-state index in [-0.39, 0.29) is 0 Å². The lowest BCUT2D eigenvalue weighted by molar-refractivity contribution is 1.37. The number of aryl methyl sites for hydroxylation is 1. The summed E-state index contributed by atoms with van der Waals surface area (Å²) in [6.45, 7) is 7.80. The Morgan fingerprint density at radius 1 is 1.44 bits per heavy atom. The van der Waals surface area contributed by atoms with Crippen molar-refractivity contribution in [1.82, 2.24) is 4.98 Å². The number of benzene rings is 1. The molecule has 0 saturated heterocycles. The maximum atomic E-state index is 4.41.